The van der Waals surface area contributed by atoms with E-state index < -0.39 is 0 Å². The Balaban J connectivity index is 1.60. The van der Waals surface area contributed by atoms with E-state index in [1.807, 2.05) is 24.3 Å². The van der Waals surface area contributed by atoms with Gasteiger partial charge in [-0.15, -0.1) is 0 Å². The molecule has 118 valence electrons. The highest BCUT2D eigenvalue weighted by molar-refractivity contribution is 5.85. The first-order valence-electron chi connectivity index (χ1n) is 7.69. The van der Waals surface area contributed by atoms with Crippen molar-refractivity contribution in [1.29, 1.82) is 0 Å². The molecular formula is C17H17N3O3. The number of hydrogen-bond donors (Lipinski definition) is 0. The average Bonchev–Trinajstić information content (AvgIpc) is 3.01. The first kappa shape index (κ1) is 14.0. The third kappa shape index (κ3) is 2.21. The quantitative estimate of drug-likeness (QED) is 0.783. The molecule has 0 fully saturated rings. The summed E-state index contributed by atoms with van der Waals surface area (Å²) < 4.78 is 7.09. The number of nitrogens with zero attached hydrogens (tertiary/aromatic N) is 3. The van der Waals surface area contributed by atoms with Crippen LogP contribution in [0.15, 0.2) is 35.4 Å². The van der Waals surface area contributed by atoms with Crippen molar-refractivity contribution in [3.8, 4) is 5.75 Å². The minimum Gasteiger partial charge on any atom is -0.492 e. The molecule has 0 N–H and O–H groups in total. The van der Waals surface area contributed by atoms with Crippen molar-refractivity contribution in [2.75, 3.05) is 13.2 Å². The van der Waals surface area contributed by atoms with Gasteiger partial charge in [-0.25, -0.2) is 4.98 Å². The van der Waals surface area contributed by atoms with E-state index in [0.29, 0.717) is 31.8 Å². The van der Waals surface area contributed by atoms with Crippen molar-refractivity contribution in [3.63, 3.8) is 0 Å². The molecule has 1 amide bonds. The number of ether oxygens (including phenoxy) is 1. The van der Waals surface area contributed by atoms with Gasteiger partial charge in [0.2, 0.25) is 5.91 Å². The summed E-state index contributed by atoms with van der Waals surface area (Å²) in [6.07, 6.45) is 2.07. The predicted molar refractivity (Wildman–Crippen MR) is 83.3 cm³/mol. The summed E-state index contributed by atoms with van der Waals surface area (Å²) in [5.41, 5.74) is 2.36. The third-order valence-corrected chi connectivity index (χ3v) is 4.60. The van der Waals surface area contributed by atoms with Crippen LogP contribution in [0.2, 0.25) is 0 Å². The average molecular weight is 311 g/mol. The molecule has 0 radical (unpaired) electrons. The fraction of sp³-hybridized carbons (Fsp3) is 0.353. The van der Waals surface area contributed by atoms with E-state index in [2.05, 4.69) is 4.98 Å². The van der Waals surface area contributed by atoms with Crippen LogP contribution >= 0.6 is 0 Å². The second-order valence-electron chi connectivity index (χ2n) is 6.00. The van der Waals surface area contributed by atoms with Crippen LogP contribution in [-0.4, -0.2) is 33.5 Å². The molecule has 1 aromatic heterocycles. The van der Waals surface area contributed by atoms with Gasteiger partial charge in [0, 0.05) is 24.7 Å². The summed E-state index contributed by atoms with van der Waals surface area (Å²) in [6, 6.07) is 7.66. The molecule has 23 heavy (non-hydrogen) atoms. The topological polar surface area (TPSA) is 64.4 Å². The van der Waals surface area contributed by atoms with Crippen LogP contribution in [0.5, 0.6) is 5.75 Å². The zero-order valence-electron chi connectivity index (χ0n) is 12.9. The molecule has 2 aliphatic rings. The maximum atomic E-state index is 12.9. The van der Waals surface area contributed by atoms with Crippen molar-refractivity contribution in [2.24, 2.45) is 7.05 Å². The summed E-state index contributed by atoms with van der Waals surface area (Å²) >= 11 is 0. The lowest BCUT2D eigenvalue weighted by atomic mass is 9.98. The normalized spacial score (nSPS) is 19.0. The van der Waals surface area contributed by atoms with Gasteiger partial charge < -0.3 is 14.2 Å². The standard InChI is InChI=1S/C17H17N3O3/c1-19-10-18-14-8-20(7-6-12(14)16(19)21)17(22)13-9-23-15-5-3-2-4-11(13)15/h2-5,10,13H,6-9H2,1H3/t13-/m0/s1. The number of aryl methyl sites for hydroxylation is 1. The molecule has 0 aliphatic carbocycles. The van der Waals surface area contributed by atoms with Gasteiger partial charge in [0.1, 0.15) is 18.3 Å². The minimum atomic E-state index is -0.265. The fourth-order valence-electron chi connectivity index (χ4n) is 3.29. The number of carbonyl (C=O) groups is 1. The van der Waals surface area contributed by atoms with E-state index in [4.69, 9.17) is 4.74 Å². The van der Waals surface area contributed by atoms with E-state index in [1.54, 1.807) is 11.9 Å². The first-order chi connectivity index (χ1) is 11.1. The zero-order chi connectivity index (χ0) is 16.0. The molecule has 2 aliphatic heterocycles. The highest BCUT2D eigenvalue weighted by atomic mass is 16.5. The molecule has 4 rings (SSSR count). The van der Waals surface area contributed by atoms with E-state index >= 15 is 0 Å². The van der Waals surface area contributed by atoms with Gasteiger partial charge in [0.15, 0.2) is 0 Å². The number of para-hydroxylation sites is 1. The molecule has 0 unspecified atom stereocenters. The van der Waals surface area contributed by atoms with Crippen molar-refractivity contribution >= 4 is 5.91 Å². The number of amides is 1. The highest BCUT2D eigenvalue weighted by Gasteiger charge is 2.35. The molecular weight excluding hydrogens is 294 g/mol. The molecule has 0 bridgehead atoms. The zero-order valence-corrected chi connectivity index (χ0v) is 12.9. The second kappa shape index (κ2) is 5.22. The Kier molecular flexibility index (Phi) is 3.18. The smallest absolute Gasteiger partial charge is 0.256 e. The first-order valence-corrected chi connectivity index (χ1v) is 7.69. The van der Waals surface area contributed by atoms with Crippen LogP contribution in [0, 0.1) is 0 Å². The fourth-order valence-corrected chi connectivity index (χ4v) is 3.29. The van der Waals surface area contributed by atoms with Gasteiger partial charge in [-0.2, -0.15) is 0 Å². The lowest BCUT2D eigenvalue weighted by Gasteiger charge is -2.29. The van der Waals surface area contributed by atoms with E-state index in [0.717, 1.165) is 16.9 Å². The summed E-state index contributed by atoms with van der Waals surface area (Å²) in [4.78, 5) is 31.1. The molecule has 1 aromatic carbocycles. The summed E-state index contributed by atoms with van der Waals surface area (Å²) in [5.74, 6) is 0.567. The van der Waals surface area contributed by atoms with Crippen LogP contribution in [0.1, 0.15) is 22.7 Å². The maximum absolute atomic E-state index is 12.9. The number of carbonyl (C=O) groups excluding carboxylic acids is 1. The number of fused-ring (bicyclic) bond motifs is 2. The lowest BCUT2D eigenvalue weighted by molar-refractivity contribution is -0.134. The minimum absolute atomic E-state index is 0.0170. The molecule has 0 spiro atoms. The van der Waals surface area contributed by atoms with Gasteiger partial charge in [0.05, 0.1) is 18.6 Å². The van der Waals surface area contributed by atoms with Gasteiger partial charge in [-0.3, -0.25) is 9.59 Å². The van der Waals surface area contributed by atoms with Gasteiger partial charge in [-0.05, 0) is 12.5 Å². The van der Waals surface area contributed by atoms with Crippen LogP contribution < -0.4 is 10.3 Å². The van der Waals surface area contributed by atoms with Crippen LogP contribution in [0.3, 0.4) is 0 Å². The second-order valence-corrected chi connectivity index (χ2v) is 6.00. The summed E-state index contributed by atoms with van der Waals surface area (Å²) in [7, 11) is 1.69. The Labute approximate surface area is 133 Å². The van der Waals surface area contributed by atoms with Gasteiger partial charge in [0.25, 0.3) is 5.56 Å². The molecule has 0 saturated heterocycles. The third-order valence-electron chi connectivity index (χ3n) is 4.60. The molecule has 0 saturated carbocycles. The van der Waals surface area contributed by atoms with Crippen LogP contribution in [0.25, 0.3) is 0 Å². The SMILES string of the molecule is Cn1cnc2c(c1=O)CCN(C(=O)[C@H]1COc3ccccc31)C2. The molecule has 3 heterocycles. The van der Waals surface area contributed by atoms with Crippen LogP contribution in [-0.2, 0) is 24.8 Å². The Hall–Kier alpha value is -2.63. The van der Waals surface area contributed by atoms with Crippen LogP contribution in [0.4, 0.5) is 0 Å². The molecule has 6 nitrogen and oxygen atoms in total. The van der Waals surface area contributed by atoms with E-state index in [-0.39, 0.29) is 17.4 Å². The molecule has 1 atom stereocenters. The monoisotopic (exact) mass is 311 g/mol. The largest absolute Gasteiger partial charge is 0.492 e. The predicted octanol–water partition coefficient (Wildman–Crippen LogP) is 0.841. The maximum Gasteiger partial charge on any atom is 0.256 e. The van der Waals surface area contributed by atoms with E-state index in [1.165, 1.54) is 10.9 Å². The van der Waals surface area contributed by atoms with Crippen molar-refractivity contribution in [3.05, 3.63) is 57.8 Å². The Morgan fingerprint density at radius 2 is 2.17 bits per heavy atom. The lowest BCUT2D eigenvalue weighted by Crippen LogP contribution is -2.42. The Morgan fingerprint density at radius 3 is 3.04 bits per heavy atom. The van der Waals surface area contributed by atoms with Gasteiger partial charge >= 0.3 is 0 Å². The van der Waals surface area contributed by atoms with Crippen molar-refractivity contribution in [1.82, 2.24) is 14.5 Å². The molecule has 2 aromatic rings. The number of hydrogen-bond acceptors (Lipinski definition) is 4. The summed E-state index contributed by atoms with van der Waals surface area (Å²) in [6.45, 7) is 1.32. The Morgan fingerprint density at radius 1 is 1.35 bits per heavy atom. The van der Waals surface area contributed by atoms with E-state index in [9.17, 15) is 9.59 Å². The molecule has 6 heteroatoms. The summed E-state index contributed by atoms with van der Waals surface area (Å²) in [5, 5.41) is 0. The number of aromatic nitrogens is 2. The van der Waals surface area contributed by atoms with Gasteiger partial charge in [-0.1, -0.05) is 18.2 Å². The number of benzene rings is 1. The van der Waals surface area contributed by atoms with Crippen molar-refractivity contribution < 1.29 is 9.53 Å². The van der Waals surface area contributed by atoms with Crippen molar-refractivity contribution in [2.45, 2.75) is 18.9 Å². The Bertz CT molecular complexity index is 843. The number of rotatable bonds is 1. The highest BCUT2D eigenvalue weighted by Crippen LogP contribution is 2.35.